The van der Waals surface area contributed by atoms with Crippen molar-refractivity contribution in [1.82, 2.24) is 4.90 Å². The zero-order valence-corrected chi connectivity index (χ0v) is 13.8. The Kier molecular flexibility index (Phi) is 5.32. The van der Waals surface area contributed by atoms with Gasteiger partial charge in [-0.15, -0.1) is 0 Å². The van der Waals surface area contributed by atoms with Crippen LogP contribution in [0.5, 0.6) is 5.75 Å². The molecular formula is C16H22ClNO4. The van der Waals surface area contributed by atoms with Gasteiger partial charge in [0.1, 0.15) is 11.9 Å². The molecule has 0 bridgehead atoms. The van der Waals surface area contributed by atoms with Crippen molar-refractivity contribution < 1.29 is 19.7 Å². The fourth-order valence-electron chi connectivity index (χ4n) is 2.78. The van der Waals surface area contributed by atoms with Crippen molar-refractivity contribution in [3.05, 3.63) is 28.3 Å². The zero-order valence-electron chi connectivity index (χ0n) is 13.0. The van der Waals surface area contributed by atoms with E-state index in [0.717, 1.165) is 11.1 Å². The molecule has 1 amide bonds. The molecule has 5 nitrogen and oxygen atoms in total. The summed E-state index contributed by atoms with van der Waals surface area (Å²) in [6.45, 7) is 3.65. The summed E-state index contributed by atoms with van der Waals surface area (Å²) in [6, 6.07) is 3.22. The van der Waals surface area contributed by atoms with E-state index in [9.17, 15) is 15.0 Å². The first kappa shape index (κ1) is 17.1. The highest BCUT2D eigenvalue weighted by molar-refractivity contribution is 6.32. The van der Waals surface area contributed by atoms with Gasteiger partial charge in [-0.1, -0.05) is 11.6 Å². The van der Waals surface area contributed by atoms with E-state index in [-0.39, 0.29) is 18.6 Å². The van der Waals surface area contributed by atoms with E-state index in [1.54, 1.807) is 19.2 Å². The van der Waals surface area contributed by atoms with Crippen LogP contribution in [0.1, 0.15) is 24.0 Å². The smallest absolute Gasteiger partial charge is 0.260 e. The lowest BCUT2D eigenvalue weighted by Gasteiger charge is -2.27. The number of amides is 1. The number of benzene rings is 1. The Bertz CT molecular complexity index is 540. The molecule has 0 unspecified atom stereocenters. The van der Waals surface area contributed by atoms with Crippen LogP contribution in [0, 0.1) is 13.8 Å². The molecule has 1 aliphatic carbocycles. The van der Waals surface area contributed by atoms with Crippen molar-refractivity contribution >= 4 is 17.5 Å². The van der Waals surface area contributed by atoms with Crippen molar-refractivity contribution in [3.63, 3.8) is 0 Å². The second kappa shape index (κ2) is 6.86. The lowest BCUT2D eigenvalue weighted by atomic mass is 10.1. The number of hydrogen-bond donors (Lipinski definition) is 2. The number of nitrogens with zero attached hydrogens (tertiary/aromatic N) is 1. The van der Waals surface area contributed by atoms with Gasteiger partial charge in [-0.3, -0.25) is 4.79 Å². The van der Waals surface area contributed by atoms with Crippen molar-refractivity contribution in [3.8, 4) is 5.75 Å². The maximum absolute atomic E-state index is 12.2. The molecule has 2 rings (SSSR count). The molecule has 6 heteroatoms. The fraction of sp³-hybridized carbons (Fsp3) is 0.562. The lowest BCUT2D eigenvalue weighted by Crippen LogP contribution is -2.45. The Balaban J connectivity index is 1.95. The Morgan fingerprint density at radius 1 is 1.32 bits per heavy atom. The van der Waals surface area contributed by atoms with Gasteiger partial charge in [0.2, 0.25) is 0 Å². The number of aryl methyl sites for hydroxylation is 2. The number of aliphatic hydroxyl groups is 2. The molecule has 0 aromatic heterocycles. The van der Waals surface area contributed by atoms with Crippen molar-refractivity contribution in [2.24, 2.45) is 0 Å². The summed E-state index contributed by atoms with van der Waals surface area (Å²) in [6.07, 6.45) is -0.569. The van der Waals surface area contributed by atoms with Crippen LogP contribution in [0.4, 0.5) is 0 Å². The van der Waals surface area contributed by atoms with Gasteiger partial charge in [-0.05, 0) is 49.9 Å². The Morgan fingerprint density at radius 2 is 1.91 bits per heavy atom. The highest BCUT2D eigenvalue weighted by Crippen LogP contribution is 2.26. The summed E-state index contributed by atoms with van der Waals surface area (Å²) in [5.41, 5.74) is 1.79. The fourth-order valence-corrected chi connectivity index (χ4v) is 2.89. The summed E-state index contributed by atoms with van der Waals surface area (Å²) in [4.78, 5) is 13.6. The number of carbonyl (C=O) groups excluding carboxylic acids is 1. The van der Waals surface area contributed by atoms with E-state index in [1.165, 1.54) is 4.90 Å². The first-order chi connectivity index (χ1) is 10.3. The van der Waals surface area contributed by atoms with E-state index in [2.05, 4.69) is 0 Å². The third kappa shape index (κ3) is 3.54. The molecule has 1 aliphatic rings. The number of halogens is 1. The molecule has 1 saturated carbocycles. The summed E-state index contributed by atoms with van der Waals surface area (Å²) >= 11 is 6.10. The molecule has 0 saturated heterocycles. The largest absolute Gasteiger partial charge is 0.484 e. The van der Waals surface area contributed by atoms with Gasteiger partial charge in [0.05, 0.1) is 12.1 Å². The summed E-state index contributed by atoms with van der Waals surface area (Å²) in [5, 5.41) is 20.1. The van der Waals surface area contributed by atoms with Gasteiger partial charge in [-0.25, -0.2) is 0 Å². The van der Waals surface area contributed by atoms with E-state index in [1.807, 2.05) is 13.8 Å². The average Bonchev–Trinajstić information content (AvgIpc) is 2.81. The molecule has 0 aliphatic heterocycles. The van der Waals surface area contributed by atoms with Crippen molar-refractivity contribution in [2.45, 2.75) is 44.9 Å². The van der Waals surface area contributed by atoms with Gasteiger partial charge in [0.25, 0.3) is 5.91 Å². The lowest BCUT2D eigenvalue weighted by molar-refractivity contribution is -0.136. The molecule has 3 atom stereocenters. The van der Waals surface area contributed by atoms with Gasteiger partial charge >= 0.3 is 0 Å². The van der Waals surface area contributed by atoms with Gasteiger partial charge in [-0.2, -0.15) is 0 Å². The maximum Gasteiger partial charge on any atom is 0.260 e. The molecule has 2 N–H and O–H groups in total. The number of likely N-dealkylation sites (N-methyl/N-ethyl adjacent to an activating group) is 1. The predicted molar refractivity (Wildman–Crippen MR) is 84.2 cm³/mol. The summed E-state index contributed by atoms with van der Waals surface area (Å²) < 4.78 is 5.53. The van der Waals surface area contributed by atoms with Crippen LogP contribution in [0.3, 0.4) is 0 Å². The second-order valence-corrected chi connectivity index (χ2v) is 6.24. The molecule has 1 aromatic carbocycles. The molecule has 0 radical (unpaired) electrons. The third-order valence-electron chi connectivity index (χ3n) is 4.21. The molecule has 0 spiro atoms. The van der Waals surface area contributed by atoms with Gasteiger partial charge in [0.15, 0.2) is 6.61 Å². The van der Waals surface area contributed by atoms with E-state index >= 15 is 0 Å². The number of ether oxygens (including phenoxy) is 1. The number of aliphatic hydroxyl groups excluding tert-OH is 2. The van der Waals surface area contributed by atoms with Crippen molar-refractivity contribution in [2.75, 3.05) is 13.7 Å². The Hall–Kier alpha value is -1.30. The maximum atomic E-state index is 12.2. The number of hydrogen-bond acceptors (Lipinski definition) is 4. The number of rotatable bonds is 4. The van der Waals surface area contributed by atoms with Gasteiger partial charge in [0, 0.05) is 12.1 Å². The topological polar surface area (TPSA) is 70.0 Å². The highest BCUT2D eigenvalue weighted by Gasteiger charge is 2.37. The Morgan fingerprint density at radius 3 is 2.41 bits per heavy atom. The van der Waals surface area contributed by atoms with Crippen LogP contribution >= 0.6 is 11.6 Å². The molecule has 1 aromatic rings. The van der Waals surface area contributed by atoms with Crippen LogP contribution in [-0.2, 0) is 4.79 Å². The minimum Gasteiger partial charge on any atom is -0.484 e. The molecule has 0 heterocycles. The average molecular weight is 328 g/mol. The minimum absolute atomic E-state index is 0.115. The first-order valence-corrected chi connectivity index (χ1v) is 7.70. The van der Waals surface area contributed by atoms with Crippen LogP contribution < -0.4 is 4.74 Å². The predicted octanol–water partition coefficient (Wildman–Crippen LogP) is 1.68. The minimum atomic E-state index is -0.894. The van der Waals surface area contributed by atoms with Crippen LogP contribution in [0.2, 0.25) is 5.02 Å². The second-order valence-electron chi connectivity index (χ2n) is 5.87. The Labute approximate surface area is 135 Å². The van der Waals surface area contributed by atoms with E-state index < -0.39 is 12.2 Å². The molecule has 122 valence electrons. The van der Waals surface area contributed by atoms with Gasteiger partial charge < -0.3 is 19.8 Å². The summed E-state index contributed by atoms with van der Waals surface area (Å²) in [7, 11) is 1.62. The molecule has 22 heavy (non-hydrogen) atoms. The monoisotopic (exact) mass is 327 g/mol. The van der Waals surface area contributed by atoms with E-state index in [4.69, 9.17) is 16.3 Å². The summed E-state index contributed by atoms with van der Waals surface area (Å²) in [5.74, 6) is 0.358. The van der Waals surface area contributed by atoms with Crippen LogP contribution in [0.25, 0.3) is 0 Å². The standard InChI is InChI=1S/C16H22ClNO4/c1-9-6-11(7-10(2)15(9)17)22-8-14(20)18(3)12-4-5-13(19)16(12)21/h6-7,12-13,16,19,21H,4-5,8H2,1-3H3/t12-,13-,16-/m1/s1. The third-order valence-corrected chi connectivity index (χ3v) is 4.81. The quantitative estimate of drug-likeness (QED) is 0.882. The first-order valence-electron chi connectivity index (χ1n) is 7.32. The zero-order chi connectivity index (χ0) is 16.4. The highest BCUT2D eigenvalue weighted by atomic mass is 35.5. The van der Waals surface area contributed by atoms with E-state index in [0.29, 0.717) is 23.6 Å². The number of carbonyl (C=O) groups is 1. The SMILES string of the molecule is Cc1cc(OCC(=O)N(C)[C@@H]2CC[C@@H](O)[C@@H]2O)cc(C)c1Cl. The molecular weight excluding hydrogens is 306 g/mol. The van der Waals surface area contributed by atoms with Crippen molar-refractivity contribution in [1.29, 1.82) is 0 Å². The van der Waals surface area contributed by atoms with Crippen LogP contribution in [-0.4, -0.2) is 52.9 Å². The normalized spacial score (nSPS) is 24.4. The molecule has 1 fully saturated rings. The van der Waals surface area contributed by atoms with Crippen LogP contribution in [0.15, 0.2) is 12.1 Å².